The van der Waals surface area contributed by atoms with Crippen molar-refractivity contribution < 1.29 is 18.0 Å². The second-order valence-electron chi connectivity index (χ2n) is 7.89. The molecule has 2 aliphatic rings. The van der Waals surface area contributed by atoms with Gasteiger partial charge in [-0.3, -0.25) is 9.48 Å². The maximum absolute atomic E-state index is 13.4. The number of carbonyl (C=O) groups is 1. The molecule has 1 amide bonds. The van der Waals surface area contributed by atoms with E-state index in [1.807, 2.05) is 11.0 Å². The molecular weight excluding hydrogens is 475 g/mol. The van der Waals surface area contributed by atoms with E-state index >= 15 is 0 Å². The molecule has 2 aliphatic heterocycles. The third kappa shape index (κ3) is 4.38. The summed E-state index contributed by atoms with van der Waals surface area (Å²) >= 11 is 7.08. The summed E-state index contributed by atoms with van der Waals surface area (Å²) in [4.78, 5) is 18.8. The van der Waals surface area contributed by atoms with Crippen molar-refractivity contribution in [1.29, 1.82) is 0 Å². The van der Waals surface area contributed by atoms with Crippen molar-refractivity contribution in [2.75, 3.05) is 13.1 Å². The molecule has 6 nitrogen and oxygen atoms in total. The fraction of sp³-hybridized carbons (Fsp3) is 0.227. The number of benzene rings is 2. The first kappa shape index (κ1) is 22.0. The molecule has 3 heterocycles. The summed E-state index contributed by atoms with van der Waals surface area (Å²) in [7, 11) is 0. The van der Waals surface area contributed by atoms with Gasteiger partial charge in [-0.05, 0) is 53.2 Å². The highest BCUT2D eigenvalue weighted by Crippen LogP contribution is 2.35. The van der Waals surface area contributed by atoms with E-state index in [1.165, 1.54) is 28.6 Å². The number of hydrogen-bond acceptors (Lipinski definition) is 5. The Morgan fingerprint density at radius 3 is 2.73 bits per heavy atom. The number of alkyl halides is 3. The maximum atomic E-state index is 13.4. The first-order valence-corrected chi connectivity index (χ1v) is 11.2. The molecule has 3 aromatic rings. The number of aromatic nitrogens is 2. The third-order valence-electron chi connectivity index (χ3n) is 5.45. The highest BCUT2D eigenvalue weighted by atomic mass is 35.5. The van der Waals surface area contributed by atoms with Crippen LogP contribution in [0.15, 0.2) is 52.5 Å². The van der Waals surface area contributed by atoms with Crippen LogP contribution in [0.4, 0.5) is 13.2 Å². The van der Waals surface area contributed by atoms with Gasteiger partial charge in [-0.1, -0.05) is 23.7 Å². The molecular formula is C22H17ClF3N5OS. The summed E-state index contributed by atoms with van der Waals surface area (Å²) in [6.45, 7) is 1.31. The monoisotopic (exact) mass is 491 g/mol. The first-order valence-electron chi connectivity index (χ1n) is 10.0. The van der Waals surface area contributed by atoms with Crippen LogP contribution in [0.3, 0.4) is 0 Å². The van der Waals surface area contributed by atoms with Crippen LogP contribution in [0.25, 0.3) is 17.0 Å². The number of halogens is 4. The molecule has 1 aromatic heterocycles. The number of nitrogens with two attached hydrogens (primary N) is 1. The van der Waals surface area contributed by atoms with Crippen molar-refractivity contribution in [2.45, 2.75) is 18.8 Å². The van der Waals surface area contributed by atoms with Gasteiger partial charge in [0, 0.05) is 29.5 Å². The van der Waals surface area contributed by atoms with E-state index in [2.05, 4.69) is 10.1 Å². The number of amides is 1. The number of hydrogen-bond donors (Lipinski definition) is 1. The fourth-order valence-corrected chi connectivity index (χ4v) is 4.89. The van der Waals surface area contributed by atoms with Crippen molar-refractivity contribution in [1.82, 2.24) is 14.7 Å². The zero-order valence-corrected chi connectivity index (χ0v) is 18.6. The van der Waals surface area contributed by atoms with Crippen molar-refractivity contribution >= 4 is 51.4 Å². The number of likely N-dealkylation sites (tertiary alicyclic amines) is 1. The highest BCUT2D eigenvalue weighted by molar-refractivity contribution is 8.18. The van der Waals surface area contributed by atoms with Gasteiger partial charge in [-0.2, -0.15) is 23.3 Å². The number of nitrogens with zero attached hydrogens (tertiary/aromatic N) is 4. The summed E-state index contributed by atoms with van der Waals surface area (Å²) in [5, 5.41) is 5.70. The molecule has 1 saturated heterocycles. The van der Waals surface area contributed by atoms with Crippen molar-refractivity contribution in [3.8, 4) is 0 Å². The van der Waals surface area contributed by atoms with Gasteiger partial charge in [0.15, 0.2) is 5.17 Å². The van der Waals surface area contributed by atoms with Gasteiger partial charge < -0.3 is 10.6 Å². The fourth-order valence-electron chi connectivity index (χ4n) is 3.79. The van der Waals surface area contributed by atoms with Crippen molar-refractivity contribution in [3.63, 3.8) is 0 Å². The molecule has 1 fully saturated rings. The Morgan fingerprint density at radius 1 is 1.21 bits per heavy atom. The van der Waals surface area contributed by atoms with Crippen molar-refractivity contribution in [2.24, 2.45) is 10.7 Å². The van der Waals surface area contributed by atoms with E-state index in [0.717, 1.165) is 17.0 Å². The van der Waals surface area contributed by atoms with Crippen LogP contribution in [0.1, 0.15) is 16.7 Å². The Kier molecular flexibility index (Phi) is 5.46. The minimum atomic E-state index is -4.52. The van der Waals surface area contributed by atoms with Gasteiger partial charge in [0.25, 0.3) is 5.91 Å². The van der Waals surface area contributed by atoms with Gasteiger partial charge in [0.1, 0.15) is 0 Å². The van der Waals surface area contributed by atoms with Gasteiger partial charge in [0.2, 0.25) is 0 Å². The molecule has 11 heteroatoms. The van der Waals surface area contributed by atoms with Crippen LogP contribution in [-0.4, -0.2) is 44.9 Å². The lowest BCUT2D eigenvalue weighted by Gasteiger charge is -2.37. The minimum Gasteiger partial charge on any atom is -0.348 e. The molecule has 170 valence electrons. The van der Waals surface area contributed by atoms with Gasteiger partial charge in [-0.15, -0.1) is 0 Å². The molecule has 0 aliphatic carbocycles. The van der Waals surface area contributed by atoms with E-state index in [4.69, 9.17) is 17.3 Å². The van der Waals surface area contributed by atoms with Gasteiger partial charge >= 0.3 is 6.18 Å². The van der Waals surface area contributed by atoms with Crippen molar-refractivity contribution in [3.05, 3.63) is 69.2 Å². The van der Waals surface area contributed by atoms with Crippen LogP contribution in [0.5, 0.6) is 0 Å². The smallest absolute Gasteiger partial charge is 0.348 e. The maximum Gasteiger partial charge on any atom is 0.416 e. The second kappa shape index (κ2) is 8.19. The Balaban J connectivity index is 1.38. The Bertz CT molecular complexity index is 1330. The molecule has 0 radical (unpaired) electrons. The zero-order valence-electron chi connectivity index (χ0n) is 17.0. The number of aliphatic imine (C=N–C) groups is 1. The SMILES string of the molecule is NC1CN(C2=NC(=O)C(=Cc3ccc4c(cnn4Cc4ccc(Cl)cc4C(F)(F)F)c3)S2)C1. The summed E-state index contributed by atoms with van der Waals surface area (Å²) in [6, 6.07) is 9.24. The Morgan fingerprint density at radius 2 is 2.00 bits per heavy atom. The average Bonchev–Trinajstić information content (AvgIpc) is 3.29. The van der Waals surface area contributed by atoms with Crippen LogP contribution >= 0.6 is 23.4 Å². The minimum absolute atomic E-state index is 0.0255. The van der Waals surface area contributed by atoms with E-state index in [1.54, 1.807) is 24.4 Å². The predicted molar refractivity (Wildman–Crippen MR) is 123 cm³/mol. The molecule has 0 unspecified atom stereocenters. The standard InChI is InChI=1S/C22H17ClF3N5OS/c23-15-3-2-13(17(7-15)22(24,25)26)9-31-18-4-1-12(5-14(18)8-28-31)6-19-20(32)29-21(33-19)30-10-16(27)11-30/h1-8,16H,9-11,27H2. The predicted octanol–water partition coefficient (Wildman–Crippen LogP) is 4.37. The van der Waals surface area contributed by atoms with E-state index < -0.39 is 11.7 Å². The lowest BCUT2D eigenvalue weighted by molar-refractivity contribution is -0.138. The van der Waals surface area contributed by atoms with Crippen LogP contribution < -0.4 is 5.73 Å². The van der Waals surface area contributed by atoms with E-state index in [9.17, 15) is 18.0 Å². The first-order chi connectivity index (χ1) is 15.7. The third-order valence-corrected chi connectivity index (χ3v) is 6.73. The second-order valence-corrected chi connectivity index (χ2v) is 9.34. The number of carbonyl (C=O) groups excluding carboxylic acids is 1. The molecule has 0 atom stereocenters. The van der Waals surface area contributed by atoms with Crippen LogP contribution in [-0.2, 0) is 17.5 Å². The van der Waals surface area contributed by atoms with Crippen LogP contribution in [0.2, 0.25) is 5.02 Å². The zero-order chi connectivity index (χ0) is 23.3. The summed E-state index contributed by atoms with van der Waals surface area (Å²) in [5.74, 6) is -0.298. The topological polar surface area (TPSA) is 76.5 Å². The number of rotatable bonds is 3. The van der Waals surface area contributed by atoms with Gasteiger partial charge in [-0.25, -0.2) is 0 Å². The summed E-state index contributed by atoms with van der Waals surface area (Å²) in [5.41, 5.74) is 6.54. The normalized spacial score (nSPS) is 18.3. The molecule has 5 rings (SSSR count). The van der Waals surface area contributed by atoms with Gasteiger partial charge in [0.05, 0.1) is 28.7 Å². The molecule has 2 aromatic carbocycles. The average molecular weight is 492 g/mol. The number of amidine groups is 1. The lowest BCUT2D eigenvalue weighted by atomic mass is 10.1. The molecule has 2 N–H and O–H groups in total. The summed E-state index contributed by atoms with van der Waals surface area (Å²) < 4.78 is 41.8. The quantitative estimate of drug-likeness (QED) is 0.551. The molecule has 0 spiro atoms. The Labute approximate surface area is 195 Å². The number of thioether (sulfide) groups is 1. The Hall–Kier alpha value is -2.82. The van der Waals surface area contributed by atoms with Crippen LogP contribution in [0, 0.1) is 0 Å². The molecule has 0 saturated carbocycles. The summed E-state index contributed by atoms with van der Waals surface area (Å²) in [6.07, 6.45) is -1.18. The highest BCUT2D eigenvalue weighted by Gasteiger charge is 2.34. The number of fused-ring (bicyclic) bond motifs is 1. The largest absolute Gasteiger partial charge is 0.416 e. The molecule has 33 heavy (non-hydrogen) atoms. The lowest BCUT2D eigenvalue weighted by Crippen LogP contribution is -2.56. The van der Waals surface area contributed by atoms with E-state index in [-0.39, 0.29) is 29.1 Å². The molecule has 0 bridgehead atoms. The van der Waals surface area contributed by atoms with E-state index in [0.29, 0.717) is 28.7 Å².